The molecule has 0 spiro atoms. The third-order valence-corrected chi connectivity index (χ3v) is 5.22. The van der Waals surface area contributed by atoms with Crippen LogP contribution in [0.3, 0.4) is 0 Å². The summed E-state index contributed by atoms with van der Waals surface area (Å²) in [4.78, 5) is 13.5. The van der Waals surface area contributed by atoms with Crippen LogP contribution >= 0.6 is 45.2 Å². The maximum absolute atomic E-state index is 12.1. The van der Waals surface area contributed by atoms with Crippen molar-refractivity contribution in [1.82, 2.24) is 4.90 Å². The highest BCUT2D eigenvalue weighted by atomic mass is 127. The molecular formula is C21H20I2N2O3. The summed E-state index contributed by atoms with van der Waals surface area (Å²) >= 11 is 4.44. The molecule has 7 heteroatoms. The van der Waals surface area contributed by atoms with E-state index in [1.807, 2.05) is 43.3 Å². The van der Waals surface area contributed by atoms with E-state index in [4.69, 9.17) is 9.47 Å². The molecule has 2 aromatic carbocycles. The minimum atomic E-state index is -0.338. The number of carbonyl (C=O) groups is 1. The van der Waals surface area contributed by atoms with Crippen molar-refractivity contribution >= 4 is 57.2 Å². The van der Waals surface area contributed by atoms with E-state index in [1.54, 1.807) is 26.2 Å². The molecule has 28 heavy (non-hydrogen) atoms. The van der Waals surface area contributed by atoms with Crippen LogP contribution < -0.4 is 9.47 Å². The third kappa shape index (κ3) is 6.10. The Morgan fingerprint density at radius 1 is 1.18 bits per heavy atom. The lowest BCUT2D eigenvalue weighted by Gasteiger charge is -2.15. The summed E-state index contributed by atoms with van der Waals surface area (Å²) in [6.07, 6.45) is 1.57. The van der Waals surface area contributed by atoms with E-state index in [2.05, 4.69) is 45.2 Å². The Balaban J connectivity index is 2.34. The van der Waals surface area contributed by atoms with Gasteiger partial charge in [-0.15, -0.1) is 0 Å². The van der Waals surface area contributed by atoms with Gasteiger partial charge in [0.05, 0.1) is 10.2 Å². The van der Waals surface area contributed by atoms with Crippen molar-refractivity contribution in [1.29, 1.82) is 5.26 Å². The predicted octanol–water partition coefficient (Wildman–Crippen LogP) is 4.87. The highest BCUT2D eigenvalue weighted by Gasteiger charge is 2.15. The molecule has 2 rings (SSSR count). The van der Waals surface area contributed by atoms with Gasteiger partial charge in [-0.3, -0.25) is 4.79 Å². The van der Waals surface area contributed by atoms with Crippen molar-refractivity contribution in [2.75, 3.05) is 20.7 Å². The van der Waals surface area contributed by atoms with E-state index in [0.29, 0.717) is 30.3 Å². The summed E-state index contributed by atoms with van der Waals surface area (Å²) in [6.45, 7) is 2.80. The fourth-order valence-corrected chi connectivity index (χ4v) is 3.50. The third-order valence-electron chi connectivity index (χ3n) is 3.70. The molecule has 2 aromatic rings. The number of halogens is 2. The van der Waals surface area contributed by atoms with Crippen molar-refractivity contribution in [2.45, 2.75) is 13.5 Å². The van der Waals surface area contributed by atoms with Gasteiger partial charge in [0.15, 0.2) is 11.5 Å². The van der Waals surface area contributed by atoms with Crippen LogP contribution in [0, 0.1) is 18.5 Å². The number of ether oxygens (including phenoxy) is 2. The van der Waals surface area contributed by atoms with Crippen LogP contribution in [0.4, 0.5) is 0 Å². The van der Waals surface area contributed by atoms with Gasteiger partial charge in [0.25, 0.3) is 5.91 Å². The standard InChI is InChI=1S/C21H20I2N2O3/c1-4-27-19-11-15(9-16(12-24)21(26)25(2)3)10-18(23)20(19)28-13-14-5-7-17(22)8-6-14/h5-11H,4,13H2,1-3H3/b16-9-. The van der Waals surface area contributed by atoms with Gasteiger partial charge in [-0.25, -0.2) is 0 Å². The molecule has 0 saturated heterocycles. The second kappa shape index (κ2) is 10.7. The Hall–Kier alpha value is -1.80. The minimum Gasteiger partial charge on any atom is -0.490 e. The molecule has 0 saturated carbocycles. The van der Waals surface area contributed by atoms with Gasteiger partial charge in [-0.2, -0.15) is 5.26 Å². The molecule has 146 valence electrons. The first-order valence-corrected chi connectivity index (χ1v) is 10.7. The van der Waals surface area contributed by atoms with E-state index < -0.39 is 0 Å². The zero-order valence-corrected chi connectivity index (χ0v) is 20.1. The molecule has 0 heterocycles. The van der Waals surface area contributed by atoms with Crippen LogP contribution in [-0.4, -0.2) is 31.5 Å². The molecule has 0 bridgehead atoms. The number of likely N-dealkylation sites (N-methyl/N-ethyl adjacent to an activating group) is 1. The van der Waals surface area contributed by atoms with Gasteiger partial charge in [0, 0.05) is 17.7 Å². The quantitative estimate of drug-likeness (QED) is 0.258. The Kier molecular flexibility index (Phi) is 8.57. The second-order valence-electron chi connectivity index (χ2n) is 6.05. The molecule has 0 fully saturated rings. The summed E-state index contributed by atoms with van der Waals surface area (Å²) in [5, 5.41) is 9.31. The van der Waals surface area contributed by atoms with E-state index in [0.717, 1.165) is 9.13 Å². The van der Waals surface area contributed by atoms with Crippen LogP contribution in [0.25, 0.3) is 6.08 Å². The summed E-state index contributed by atoms with van der Waals surface area (Å²) in [6, 6.07) is 13.7. The number of hydrogen-bond acceptors (Lipinski definition) is 4. The van der Waals surface area contributed by atoms with Crippen LogP contribution in [-0.2, 0) is 11.4 Å². The van der Waals surface area contributed by atoms with Gasteiger partial charge >= 0.3 is 0 Å². The topological polar surface area (TPSA) is 62.6 Å². The normalized spacial score (nSPS) is 10.9. The SMILES string of the molecule is CCOc1cc(/C=C(/C#N)C(=O)N(C)C)cc(I)c1OCc1ccc(I)cc1. The molecule has 0 aliphatic heterocycles. The highest BCUT2D eigenvalue weighted by Crippen LogP contribution is 2.35. The number of hydrogen-bond donors (Lipinski definition) is 0. The lowest BCUT2D eigenvalue weighted by Crippen LogP contribution is -2.22. The predicted molar refractivity (Wildman–Crippen MR) is 126 cm³/mol. The second-order valence-corrected chi connectivity index (χ2v) is 8.46. The number of nitriles is 1. The number of nitrogens with zero attached hydrogens (tertiary/aromatic N) is 2. The zero-order chi connectivity index (χ0) is 20.7. The van der Waals surface area contributed by atoms with Crippen molar-refractivity contribution < 1.29 is 14.3 Å². The van der Waals surface area contributed by atoms with Crippen LogP contribution in [0.15, 0.2) is 42.0 Å². The van der Waals surface area contributed by atoms with Crippen LogP contribution in [0.1, 0.15) is 18.1 Å². The molecule has 0 N–H and O–H groups in total. The summed E-state index contributed by atoms with van der Waals surface area (Å²) in [5.41, 5.74) is 1.84. The van der Waals surface area contributed by atoms with Gasteiger partial charge in [-0.1, -0.05) is 12.1 Å². The molecular weight excluding hydrogens is 582 g/mol. The highest BCUT2D eigenvalue weighted by molar-refractivity contribution is 14.1. The lowest BCUT2D eigenvalue weighted by molar-refractivity contribution is -0.124. The smallest absolute Gasteiger partial charge is 0.264 e. The monoisotopic (exact) mass is 602 g/mol. The number of benzene rings is 2. The number of amides is 1. The minimum absolute atomic E-state index is 0.0656. The van der Waals surface area contributed by atoms with E-state index in [1.165, 1.54) is 8.47 Å². The van der Waals surface area contributed by atoms with Gasteiger partial charge < -0.3 is 14.4 Å². The molecule has 0 radical (unpaired) electrons. The maximum Gasteiger partial charge on any atom is 0.264 e. The molecule has 1 amide bonds. The Morgan fingerprint density at radius 2 is 1.86 bits per heavy atom. The summed E-state index contributed by atoms with van der Waals surface area (Å²) < 4.78 is 13.8. The van der Waals surface area contributed by atoms with Gasteiger partial charge in [0.2, 0.25) is 0 Å². The van der Waals surface area contributed by atoms with Crippen molar-refractivity contribution in [3.8, 4) is 17.6 Å². The molecule has 0 unspecified atom stereocenters. The largest absolute Gasteiger partial charge is 0.490 e. The first kappa shape index (κ1) is 22.5. The maximum atomic E-state index is 12.1. The van der Waals surface area contributed by atoms with Crippen molar-refractivity contribution in [2.24, 2.45) is 0 Å². The molecule has 0 aliphatic rings. The molecule has 0 aliphatic carbocycles. The first-order valence-electron chi connectivity index (χ1n) is 8.52. The van der Waals surface area contributed by atoms with Crippen molar-refractivity contribution in [3.05, 3.63) is 60.2 Å². The van der Waals surface area contributed by atoms with E-state index in [-0.39, 0.29) is 11.5 Å². The Bertz CT molecular complexity index is 916. The van der Waals surface area contributed by atoms with E-state index >= 15 is 0 Å². The first-order chi connectivity index (χ1) is 13.3. The van der Waals surface area contributed by atoms with E-state index in [9.17, 15) is 10.1 Å². The summed E-state index contributed by atoms with van der Waals surface area (Å²) in [5.74, 6) is 0.894. The number of rotatable bonds is 7. The van der Waals surface area contributed by atoms with Crippen molar-refractivity contribution in [3.63, 3.8) is 0 Å². The average molecular weight is 602 g/mol. The van der Waals surface area contributed by atoms with Crippen LogP contribution in [0.5, 0.6) is 11.5 Å². The summed E-state index contributed by atoms with van der Waals surface area (Å²) in [7, 11) is 3.23. The molecule has 0 aromatic heterocycles. The number of carbonyl (C=O) groups excluding carboxylic acids is 1. The zero-order valence-electron chi connectivity index (χ0n) is 15.8. The Labute approximate surface area is 192 Å². The average Bonchev–Trinajstić information content (AvgIpc) is 2.66. The van der Waals surface area contributed by atoms with Gasteiger partial charge in [0.1, 0.15) is 18.2 Å². The van der Waals surface area contributed by atoms with Crippen LogP contribution in [0.2, 0.25) is 0 Å². The molecule has 5 nitrogen and oxygen atoms in total. The Morgan fingerprint density at radius 3 is 2.43 bits per heavy atom. The molecule has 0 atom stereocenters. The van der Waals surface area contributed by atoms with Gasteiger partial charge in [-0.05, 0) is 93.6 Å². The lowest BCUT2D eigenvalue weighted by atomic mass is 10.1. The fourth-order valence-electron chi connectivity index (χ4n) is 2.36. The fraction of sp³-hybridized carbons (Fsp3) is 0.238.